The third-order valence-corrected chi connectivity index (χ3v) is 6.86. The fraction of sp³-hybridized carbons (Fsp3) is 0.333. The predicted octanol–water partition coefficient (Wildman–Crippen LogP) is 5.43. The normalized spacial score (nSPS) is 31.1. The van der Waals surface area contributed by atoms with Gasteiger partial charge in [0, 0.05) is 16.1 Å². The fourth-order valence-electron chi connectivity index (χ4n) is 3.78. The van der Waals surface area contributed by atoms with Crippen molar-refractivity contribution < 1.29 is 0 Å². The molecule has 0 amide bonds. The molecular formula is C18H17ClS. The molecule has 2 bridgehead atoms. The second kappa shape index (κ2) is 5.13. The van der Waals surface area contributed by atoms with Crippen LogP contribution in [-0.2, 0) is 0 Å². The first kappa shape index (κ1) is 12.8. The minimum atomic E-state index is 0.258. The highest BCUT2D eigenvalue weighted by atomic mass is 35.5. The van der Waals surface area contributed by atoms with Crippen molar-refractivity contribution in [3.05, 3.63) is 65.7 Å². The number of alkyl halides is 1. The molecule has 4 atom stereocenters. The minimum Gasteiger partial charge on any atom is -0.121 e. The van der Waals surface area contributed by atoms with Gasteiger partial charge in [0.25, 0.3) is 0 Å². The summed E-state index contributed by atoms with van der Waals surface area (Å²) < 4.78 is 0. The number of fused-ring (bicyclic) bond motifs is 2. The molecule has 0 spiro atoms. The van der Waals surface area contributed by atoms with E-state index in [1.165, 1.54) is 23.3 Å². The van der Waals surface area contributed by atoms with Crippen LogP contribution in [0.15, 0.2) is 59.5 Å². The molecule has 3 aliphatic rings. The van der Waals surface area contributed by atoms with Gasteiger partial charge in [0.2, 0.25) is 0 Å². The first-order chi connectivity index (χ1) is 9.84. The number of thioether (sulfide) groups is 1. The average molecular weight is 301 g/mol. The molecule has 3 aliphatic carbocycles. The monoisotopic (exact) mass is 300 g/mol. The van der Waals surface area contributed by atoms with Crippen LogP contribution in [0.2, 0.25) is 0 Å². The van der Waals surface area contributed by atoms with Crippen LogP contribution in [0.5, 0.6) is 0 Å². The Morgan fingerprint density at radius 2 is 1.40 bits per heavy atom. The highest BCUT2D eigenvalue weighted by molar-refractivity contribution is 8.00. The maximum atomic E-state index is 6.84. The highest BCUT2D eigenvalue weighted by Gasteiger charge is 2.46. The summed E-state index contributed by atoms with van der Waals surface area (Å²) >= 11 is 8.80. The third kappa shape index (κ3) is 1.99. The highest BCUT2D eigenvalue weighted by Crippen LogP contribution is 2.56. The van der Waals surface area contributed by atoms with Crippen LogP contribution in [0.3, 0.4) is 0 Å². The van der Waals surface area contributed by atoms with Crippen LogP contribution in [0.25, 0.3) is 0 Å². The van der Waals surface area contributed by atoms with Crippen molar-refractivity contribution in [2.45, 2.75) is 40.2 Å². The van der Waals surface area contributed by atoms with E-state index in [4.69, 9.17) is 11.6 Å². The van der Waals surface area contributed by atoms with Crippen molar-refractivity contribution in [1.82, 2.24) is 0 Å². The lowest BCUT2D eigenvalue weighted by Crippen LogP contribution is -2.41. The van der Waals surface area contributed by atoms with E-state index < -0.39 is 0 Å². The summed E-state index contributed by atoms with van der Waals surface area (Å²) in [4.78, 5) is 1.34. The van der Waals surface area contributed by atoms with Crippen LogP contribution in [0, 0.1) is 0 Å². The van der Waals surface area contributed by atoms with Gasteiger partial charge in [-0.25, -0.2) is 0 Å². The van der Waals surface area contributed by atoms with Gasteiger partial charge in [0.15, 0.2) is 0 Å². The second-order valence-electron chi connectivity index (χ2n) is 5.76. The van der Waals surface area contributed by atoms with Gasteiger partial charge in [-0.3, -0.25) is 0 Å². The molecular weight excluding hydrogens is 284 g/mol. The van der Waals surface area contributed by atoms with E-state index in [0.29, 0.717) is 17.1 Å². The lowest BCUT2D eigenvalue weighted by molar-refractivity contribution is 0.375. The van der Waals surface area contributed by atoms with Crippen molar-refractivity contribution >= 4 is 23.4 Å². The molecule has 20 heavy (non-hydrogen) atoms. The number of rotatable bonds is 2. The number of halogens is 1. The van der Waals surface area contributed by atoms with Crippen LogP contribution < -0.4 is 0 Å². The Morgan fingerprint density at radius 3 is 2.15 bits per heavy atom. The third-order valence-electron chi connectivity index (χ3n) is 4.69. The molecule has 0 aliphatic heterocycles. The van der Waals surface area contributed by atoms with Gasteiger partial charge in [0.05, 0.1) is 5.38 Å². The average Bonchev–Trinajstić information content (AvgIpc) is 2.52. The zero-order valence-corrected chi connectivity index (χ0v) is 12.8. The van der Waals surface area contributed by atoms with E-state index in [1.54, 1.807) is 5.56 Å². The van der Waals surface area contributed by atoms with Gasteiger partial charge in [-0.05, 0) is 42.0 Å². The van der Waals surface area contributed by atoms with E-state index >= 15 is 0 Å². The van der Waals surface area contributed by atoms with Crippen molar-refractivity contribution in [1.29, 1.82) is 0 Å². The van der Waals surface area contributed by atoms with Gasteiger partial charge in [0.1, 0.15) is 0 Å². The Morgan fingerprint density at radius 1 is 0.800 bits per heavy atom. The Labute approximate surface area is 129 Å². The number of benzene rings is 2. The van der Waals surface area contributed by atoms with E-state index in [2.05, 4.69) is 54.6 Å². The number of hydrogen-bond donors (Lipinski definition) is 0. The van der Waals surface area contributed by atoms with Crippen molar-refractivity contribution in [2.24, 2.45) is 0 Å². The molecule has 2 aromatic carbocycles. The van der Waals surface area contributed by atoms with E-state index in [-0.39, 0.29) is 5.38 Å². The summed E-state index contributed by atoms with van der Waals surface area (Å²) in [7, 11) is 0. The van der Waals surface area contributed by atoms with Gasteiger partial charge >= 0.3 is 0 Å². The summed E-state index contributed by atoms with van der Waals surface area (Å²) in [6.07, 6.45) is 2.54. The summed E-state index contributed by atoms with van der Waals surface area (Å²) in [5, 5.41) is 0.765. The maximum absolute atomic E-state index is 6.84. The Hall–Kier alpha value is -0.920. The molecule has 102 valence electrons. The quantitative estimate of drug-likeness (QED) is 0.666. The first-order valence-electron chi connectivity index (χ1n) is 7.29. The van der Waals surface area contributed by atoms with E-state index in [1.807, 2.05) is 11.8 Å². The topological polar surface area (TPSA) is 0 Å². The van der Waals surface area contributed by atoms with Crippen LogP contribution in [0.1, 0.15) is 35.8 Å². The van der Waals surface area contributed by atoms with Gasteiger partial charge in [-0.15, -0.1) is 23.4 Å². The van der Waals surface area contributed by atoms with Crippen LogP contribution in [0.4, 0.5) is 0 Å². The standard InChI is InChI=1S/C18H17ClS/c19-17-15-10-11-16(14-9-5-4-8-13(14)15)18(17)20-12-6-2-1-3-7-12/h1-9,15-18H,10-11H2. The van der Waals surface area contributed by atoms with Crippen molar-refractivity contribution in [2.75, 3.05) is 0 Å². The zero-order valence-electron chi connectivity index (χ0n) is 11.2. The Bertz CT molecular complexity index is 610. The van der Waals surface area contributed by atoms with Gasteiger partial charge in [-0.1, -0.05) is 42.5 Å². The molecule has 5 rings (SSSR count). The molecule has 0 N–H and O–H groups in total. The predicted molar refractivity (Wildman–Crippen MR) is 86.9 cm³/mol. The molecule has 1 saturated carbocycles. The summed E-state index contributed by atoms with van der Waals surface area (Å²) in [6.45, 7) is 0. The SMILES string of the molecule is ClC1C2CCC(c3ccccc32)C1Sc1ccccc1. The Kier molecular flexibility index (Phi) is 3.28. The zero-order chi connectivity index (χ0) is 13.5. The maximum Gasteiger partial charge on any atom is 0.0532 e. The smallest absolute Gasteiger partial charge is 0.0532 e. The second-order valence-corrected chi connectivity index (χ2v) is 7.51. The molecule has 0 nitrogen and oxygen atoms in total. The van der Waals surface area contributed by atoms with Gasteiger partial charge in [-0.2, -0.15) is 0 Å². The molecule has 1 fully saturated rings. The first-order valence-corrected chi connectivity index (χ1v) is 8.61. The Balaban J connectivity index is 1.70. The molecule has 0 aromatic heterocycles. The van der Waals surface area contributed by atoms with Gasteiger partial charge < -0.3 is 0 Å². The minimum absolute atomic E-state index is 0.258. The van der Waals surface area contributed by atoms with E-state index in [9.17, 15) is 0 Å². The molecule has 2 aromatic rings. The molecule has 4 unspecified atom stereocenters. The van der Waals surface area contributed by atoms with Crippen LogP contribution >= 0.6 is 23.4 Å². The molecule has 2 heteroatoms. The van der Waals surface area contributed by atoms with Crippen LogP contribution in [-0.4, -0.2) is 10.6 Å². The van der Waals surface area contributed by atoms with E-state index in [0.717, 1.165) is 0 Å². The summed E-state index contributed by atoms with van der Waals surface area (Å²) in [5.74, 6) is 1.16. The lowest BCUT2D eigenvalue weighted by Gasteiger charge is -2.47. The van der Waals surface area contributed by atoms with Crippen molar-refractivity contribution in [3.8, 4) is 0 Å². The molecule has 0 radical (unpaired) electrons. The number of hydrogen-bond acceptors (Lipinski definition) is 1. The summed E-state index contributed by atoms with van der Waals surface area (Å²) in [5.41, 5.74) is 3.06. The largest absolute Gasteiger partial charge is 0.121 e. The molecule has 0 heterocycles. The fourth-order valence-corrected chi connectivity index (χ4v) is 5.77. The van der Waals surface area contributed by atoms with Crippen molar-refractivity contribution in [3.63, 3.8) is 0 Å². The summed E-state index contributed by atoms with van der Waals surface area (Å²) in [6, 6.07) is 19.6. The lowest BCUT2D eigenvalue weighted by atomic mass is 9.66. The molecule has 0 saturated heterocycles.